The zero-order valence-electron chi connectivity index (χ0n) is 19.3. The highest BCUT2D eigenvalue weighted by atomic mass is 16.5. The number of aryl methyl sites for hydroxylation is 2. The van der Waals surface area contributed by atoms with Gasteiger partial charge in [0.25, 0.3) is 0 Å². The maximum Gasteiger partial charge on any atom is 0.242 e. The van der Waals surface area contributed by atoms with Crippen LogP contribution in [0, 0.1) is 6.92 Å². The van der Waals surface area contributed by atoms with Crippen molar-refractivity contribution in [3.63, 3.8) is 0 Å². The zero-order chi connectivity index (χ0) is 22.6. The van der Waals surface area contributed by atoms with Crippen molar-refractivity contribution in [2.24, 2.45) is 0 Å². The van der Waals surface area contributed by atoms with Crippen molar-refractivity contribution in [1.29, 1.82) is 0 Å². The Morgan fingerprint density at radius 3 is 2.23 bits per heavy atom. The van der Waals surface area contributed by atoms with E-state index in [0.29, 0.717) is 32.4 Å². The quantitative estimate of drug-likeness (QED) is 0.504. The molecule has 0 saturated carbocycles. The Bertz CT molecular complexity index is 816. The van der Waals surface area contributed by atoms with E-state index in [1.807, 2.05) is 31.2 Å². The molecule has 0 heterocycles. The summed E-state index contributed by atoms with van der Waals surface area (Å²) in [5.74, 6) is 0.687. The summed E-state index contributed by atoms with van der Waals surface area (Å²) >= 11 is 0. The van der Waals surface area contributed by atoms with Crippen molar-refractivity contribution < 1.29 is 14.3 Å². The lowest BCUT2D eigenvalue weighted by Gasteiger charge is -2.31. The standard InChI is InChI=1S/C26H36N2O3/c1-5-7-18-27-26(30)24(6-2)28(19-22-12-15-23(31-4)16-13-22)25(29)17-14-21-10-8-20(3)9-11-21/h8-13,15-16,24H,5-7,14,17-19H2,1-4H3,(H,27,30)/t24-/m0/s1. The number of carbonyl (C=O) groups is 2. The molecule has 0 spiro atoms. The van der Waals surface area contributed by atoms with Crippen LogP contribution in [0.2, 0.25) is 0 Å². The SMILES string of the molecule is CCCCNC(=O)[C@H](CC)N(Cc1ccc(OC)cc1)C(=O)CCc1ccc(C)cc1. The highest BCUT2D eigenvalue weighted by Gasteiger charge is 2.28. The Kier molecular flexibility index (Phi) is 10.1. The second-order valence-corrected chi connectivity index (χ2v) is 7.92. The molecule has 0 aromatic heterocycles. The van der Waals surface area contributed by atoms with Gasteiger partial charge in [0.2, 0.25) is 11.8 Å². The molecule has 1 N–H and O–H groups in total. The van der Waals surface area contributed by atoms with Gasteiger partial charge in [0.05, 0.1) is 7.11 Å². The molecular formula is C26H36N2O3. The minimum Gasteiger partial charge on any atom is -0.497 e. The minimum absolute atomic E-state index is 0.00566. The van der Waals surface area contributed by atoms with Crippen molar-refractivity contribution in [3.05, 3.63) is 65.2 Å². The Morgan fingerprint density at radius 2 is 1.65 bits per heavy atom. The van der Waals surface area contributed by atoms with Crippen LogP contribution in [0.25, 0.3) is 0 Å². The fraction of sp³-hybridized carbons (Fsp3) is 0.462. The van der Waals surface area contributed by atoms with Gasteiger partial charge >= 0.3 is 0 Å². The van der Waals surface area contributed by atoms with Gasteiger partial charge in [-0.1, -0.05) is 62.2 Å². The van der Waals surface area contributed by atoms with Gasteiger partial charge in [0.1, 0.15) is 11.8 Å². The second-order valence-electron chi connectivity index (χ2n) is 7.92. The molecule has 0 fully saturated rings. The summed E-state index contributed by atoms with van der Waals surface area (Å²) in [5, 5.41) is 3.00. The normalized spacial score (nSPS) is 11.6. The maximum atomic E-state index is 13.3. The molecule has 2 rings (SSSR count). The third kappa shape index (κ3) is 7.74. The van der Waals surface area contributed by atoms with E-state index in [2.05, 4.69) is 43.4 Å². The summed E-state index contributed by atoms with van der Waals surface area (Å²) in [6.07, 6.45) is 3.55. The number of unbranched alkanes of at least 4 members (excludes halogenated alkanes) is 1. The molecule has 0 aliphatic rings. The monoisotopic (exact) mass is 424 g/mol. The van der Waals surface area contributed by atoms with Crippen LogP contribution in [0.4, 0.5) is 0 Å². The van der Waals surface area contributed by atoms with Gasteiger partial charge in [-0.25, -0.2) is 0 Å². The summed E-state index contributed by atoms with van der Waals surface area (Å²) < 4.78 is 5.23. The zero-order valence-corrected chi connectivity index (χ0v) is 19.3. The fourth-order valence-corrected chi connectivity index (χ4v) is 3.50. The lowest BCUT2D eigenvalue weighted by Crippen LogP contribution is -2.49. The Morgan fingerprint density at radius 1 is 1.00 bits per heavy atom. The number of hydrogen-bond donors (Lipinski definition) is 1. The Balaban J connectivity index is 2.16. The molecule has 2 amide bonds. The summed E-state index contributed by atoms with van der Waals surface area (Å²) in [6.45, 7) is 7.14. The fourth-order valence-electron chi connectivity index (χ4n) is 3.50. The van der Waals surface area contributed by atoms with E-state index in [9.17, 15) is 9.59 Å². The van der Waals surface area contributed by atoms with E-state index in [1.54, 1.807) is 12.0 Å². The highest BCUT2D eigenvalue weighted by Crippen LogP contribution is 2.18. The smallest absolute Gasteiger partial charge is 0.242 e. The molecule has 0 aliphatic carbocycles. The Labute approximate surface area is 186 Å². The molecule has 2 aromatic carbocycles. The molecule has 31 heavy (non-hydrogen) atoms. The van der Waals surface area contributed by atoms with E-state index in [4.69, 9.17) is 4.74 Å². The molecular weight excluding hydrogens is 388 g/mol. The van der Waals surface area contributed by atoms with E-state index >= 15 is 0 Å². The number of ether oxygens (including phenoxy) is 1. The average Bonchev–Trinajstić information content (AvgIpc) is 2.79. The van der Waals surface area contributed by atoms with Crippen LogP contribution in [0.1, 0.15) is 56.2 Å². The van der Waals surface area contributed by atoms with E-state index in [1.165, 1.54) is 5.56 Å². The molecule has 1 atom stereocenters. The van der Waals surface area contributed by atoms with Gasteiger partial charge in [0, 0.05) is 19.5 Å². The first-order valence-electron chi connectivity index (χ1n) is 11.2. The van der Waals surface area contributed by atoms with Crippen molar-refractivity contribution in [2.45, 2.75) is 65.5 Å². The van der Waals surface area contributed by atoms with Gasteiger partial charge in [-0.3, -0.25) is 9.59 Å². The third-order valence-corrected chi connectivity index (χ3v) is 5.48. The van der Waals surface area contributed by atoms with Gasteiger partial charge in [-0.2, -0.15) is 0 Å². The summed E-state index contributed by atoms with van der Waals surface area (Å²) in [6, 6.07) is 15.4. The van der Waals surface area contributed by atoms with Crippen molar-refractivity contribution in [1.82, 2.24) is 10.2 Å². The lowest BCUT2D eigenvalue weighted by molar-refractivity contribution is -0.141. The van der Waals surface area contributed by atoms with Gasteiger partial charge in [-0.05, 0) is 49.4 Å². The highest BCUT2D eigenvalue weighted by molar-refractivity contribution is 5.87. The number of nitrogens with zero attached hydrogens (tertiary/aromatic N) is 1. The van der Waals surface area contributed by atoms with Crippen molar-refractivity contribution in [3.8, 4) is 5.75 Å². The number of methoxy groups -OCH3 is 1. The van der Waals surface area contributed by atoms with Crippen molar-refractivity contribution >= 4 is 11.8 Å². The molecule has 0 unspecified atom stereocenters. The topological polar surface area (TPSA) is 58.6 Å². The first-order valence-corrected chi connectivity index (χ1v) is 11.2. The van der Waals surface area contributed by atoms with Crippen LogP contribution in [-0.2, 0) is 22.6 Å². The largest absolute Gasteiger partial charge is 0.497 e. The van der Waals surface area contributed by atoms with Gasteiger partial charge in [0.15, 0.2) is 0 Å². The lowest BCUT2D eigenvalue weighted by atomic mass is 10.0. The molecule has 0 bridgehead atoms. The van der Waals surface area contributed by atoms with Crippen molar-refractivity contribution in [2.75, 3.05) is 13.7 Å². The molecule has 0 radical (unpaired) electrons. The second kappa shape index (κ2) is 12.8. The minimum atomic E-state index is -0.482. The maximum absolute atomic E-state index is 13.3. The van der Waals surface area contributed by atoms with E-state index in [0.717, 1.165) is 29.7 Å². The summed E-state index contributed by atoms with van der Waals surface area (Å²) in [5.41, 5.74) is 3.30. The predicted octanol–water partition coefficient (Wildman–Crippen LogP) is 4.66. The number of hydrogen-bond acceptors (Lipinski definition) is 3. The Hall–Kier alpha value is -2.82. The number of benzene rings is 2. The molecule has 5 nitrogen and oxygen atoms in total. The van der Waals surface area contributed by atoms with Crippen LogP contribution in [0.15, 0.2) is 48.5 Å². The number of nitrogens with one attached hydrogen (secondary N) is 1. The van der Waals surface area contributed by atoms with Crippen LogP contribution in [0.5, 0.6) is 5.75 Å². The predicted molar refractivity (Wildman–Crippen MR) is 125 cm³/mol. The molecule has 2 aromatic rings. The van der Waals surface area contributed by atoms with Crippen LogP contribution >= 0.6 is 0 Å². The van der Waals surface area contributed by atoms with Crippen LogP contribution < -0.4 is 10.1 Å². The number of rotatable bonds is 12. The van der Waals surface area contributed by atoms with E-state index < -0.39 is 6.04 Å². The molecule has 0 aliphatic heterocycles. The summed E-state index contributed by atoms with van der Waals surface area (Å²) in [4.78, 5) is 27.9. The van der Waals surface area contributed by atoms with Crippen LogP contribution in [0.3, 0.4) is 0 Å². The molecule has 0 saturated heterocycles. The van der Waals surface area contributed by atoms with Gasteiger partial charge in [-0.15, -0.1) is 0 Å². The third-order valence-electron chi connectivity index (χ3n) is 5.48. The van der Waals surface area contributed by atoms with E-state index in [-0.39, 0.29) is 11.8 Å². The number of amides is 2. The average molecular weight is 425 g/mol. The molecule has 5 heteroatoms. The molecule has 168 valence electrons. The van der Waals surface area contributed by atoms with Gasteiger partial charge < -0.3 is 15.0 Å². The van der Waals surface area contributed by atoms with Crippen LogP contribution in [-0.4, -0.2) is 36.4 Å². The first kappa shape index (κ1) is 24.4. The summed E-state index contributed by atoms with van der Waals surface area (Å²) in [7, 11) is 1.63. The first-order chi connectivity index (χ1) is 15.0. The number of carbonyl (C=O) groups excluding carboxylic acids is 2.